The molecule has 2 atom stereocenters. The van der Waals surface area contributed by atoms with Gasteiger partial charge in [0.25, 0.3) is 11.5 Å². The Morgan fingerprint density at radius 2 is 2.07 bits per heavy atom. The van der Waals surface area contributed by atoms with Crippen molar-refractivity contribution in [2.75, 3.05) is 6.54 Å². The Hall–Kier alpha value is -3.02. The quantitative estimate of drug-likeness (QED) is 0.669. The monoisotopic (exact) mass is 391 g/mol. The molecular weight excluding hydrogens is 369 g/mol. The Labute approximate surface area is 167 Å². The van der Waals surface area contributed by atoms with Crippen LogP contribution in [0.3, 0.4) is 0 Å². The van der Waals surface area contributed by atoms with Gasteiger partial charge >= 0.3 is 0 Å². The lowest BCUT2D eigenvalue weighted by Gasteiger charge is -2.25. The fourth-order valence-corrected chi connectivity index (χ4v) is 4.68. The van der Waals surface area contributed by atoms with Crippen LogP contribution in [0.4, 0.5) is 4.39 Å². The van der Waals surface area contributed by atoms with Gasteiger partial charge in [-0.25, -0.2) is 9.37 Å². The molecule has 2 aromatic carbocycles. The summed E-state index contributed by atoms with van der Waals surface area (Å²) >= 11 is 0. The Balaban J connectivity index is 1.53. The minimum absolute atomic E-state index is 0.0334. The number of fused-ring (bicyclic) bond motifs is 2. The van der Waals surface area contributed by atoms with Crippen LogP contribution in [0.25, 0.3) is 10.9 Å². The Bertz CT molecular complexity index is 1190. The van der Waals surface area contributed by atoms with E-state index in [1.165, 1.54) is 12.1 Å². The maximum Gasteiger partial charge on any atom is 0.261 e. The summed E-state index contributed by atoms with van der Waals surface area (Å²) in [6, 6.07) is 11.5. The molecular formula is C23H22FN3O2. The van der Waals surface area contributed by atoms with Crippen molar-refractivity contribution >= 4 is 16.8 Å². The summed E-state index contributed by atoms with van der Waals surface area (Å²) in [7, 11) is 0. The number of rotatable bonds is 2. The van der Waals surface area contributed by atoms with E-state index < -0.39 is 0 Å². The summed E-state index contributed by atoms with van der Waals surface area (Å²) in [5.41, 5.74) is 1.87. The van der Waals surface area contributed by atoms with Crippen LogP contribution in [-0.4, -0.2) is 26.9 Å². The Morgan fingerprint density at radius 3 is 2.90 bits per heavy atom. The third-order valence-corrected chi connectivity index (χ3v) is 6.07. The SMILES string of the molecule is CC1CC(c2cccc(F)c2)N(C(=O)c2ccc3c(=O)n4c(nc3c2)CCC4)C1. The summed E-state index contributed by atoms with van der Waals surface area (Å²) < 4.78 is 15.5. The third-order valence-electron chi connectivity index (χ3n) is 6.07. The van der Waals surface area contributed by atoms with Crippen LogP contribution in [0.1, 0.15) is 47.6 Å². The van der Waals surface area contributed by atoms with E-state index in [1.54, 1.807) is 28.8 Å². The van der Waals surface area contributed by atoms with Gasteiger partial charge in [0.15, 0.2) is 0 Å². The first kappa shape index (κ1) is 18.0. The molecule has 29 heavy (non-hydrogen) atoms. The van der Waals surface area contributed by atoms with Gasteiger partial charge in [0.1, 0.15) is 11.6 Å². The fraction of sp³-hybridized carbons (Fsp3) is 0.348. The molecule has 3 aromatic rings. The van der Waals surface area contributed by atoms with Crippen molar-refractivity contribution in [3.63, 3.8) is 0 Å². The number of halogens is 1. The molecule has 148 valence electrons. The van der Waals surface area contributed by atoms with E-state index >= 15 is 0 Å². The second-order valence-corrected chi connectivity index (χ2v) is 8.19. The van der Waals surface area contributed by atoms with E-state index in [2.05, 4.69) is 11.9 Å². The van der Waals surface area contributed by atoms with E-state index in [0.29, 0.717) is 35.5 Å². The van der Waals surface area contributed by atoms with Crippen molar-refractivity contribution in [2.24, 2.45) is 5.92 Å². The zero-order chi connectivity index (χ0) is 20.1. The third kappa shape index (κ3) is 3.03. The van der Waals surface area contributed by atoms with Gasteiger partial charge in [0.05, 0.1) is 16.9 Å². The maximum atomic E-state index is 13.7. The second kappa shape index (κ2) is 6.79. The lowest BCUT2D eigenvalue weighted by atomic mass is 10.0. The number of hydrogen-bond donors (Lipinski definition) is 0. The summed E-state index contributed by atoms with van der Waals surface area (Å²) in [5.74, 6) is 0.727. The number of aryl methyl sites for hydroxylation is 1. The van der Waals surface area contributed by atoms with Crippen molar-refractivity contribution < 1.29 is 9.18 Å². The van der Waals surface area contributed by atoms with Crippen molar-refractivity contribution in [1.82, 2.24) is 14.5 Å². The number of aromatic nitrogens is 2. The van der Waals surface area contributed by atoms with Crippen LogP contribution in [0, 0.1) is 11.7 Å². The molecule has 0 saturated carbocycles. The Kier molecular flexibility index (Phi) is 4.23. The van der Waals surface area contributed by atoms with Crippen molar-refractivity contribution in [3.05, 3.63) is 75.6 Å². The van der Waals surface area contributed by atoms with E-state index in [-0.39, 0.29) is 23.3 Å². The smallest absolute Gasteiger partial charge is 0.261 e. The standard InChI is InChI=1S/C23H22FN3O2/c1-14-10-20(15-4-2-5-17(24)11-15)27(13-14)22(28)16-7-8-18-19(12-16)25-21-6-3-9-26(21)23(18)29/h2,4-5,7-8,11-12,14,20H,3,6,9-10,13H2,1H3. The van der Waals surface area contributed by atoms with Crippen LogP contribution in [0.2, 0.25) is 0 Å². The van der Waals surface area contributed by atoms with Gasteiger partial charge in [0.2, 0.25) is 0 Å². The number of carbonyl (C=O) groups is 1. The second-order valence-electron chi connectivity index (χ2n) is 8.19. The average molecular weight is 391 g/mol. The molecule has 1 fully saturated rings. The van der Waals surface area contributed by atoms with Crippen LogP contribution in [0.15, 0.2) is 47.3 Å². The Morgan fingerprint density at radius 1 is 1.21 bits per heavy atom. The molecule has 1 amide bonds. The minimum Gasteiger partial charge on any atom is -0.331 e. The van der Waals surface area contributed by atoms with Crippen molar-refractivity contribution in [3.8, 4) is 0 Å². The molecule has 0 spiro atoms. The number of hydrogen-bond acceptors (Lipinski definition) is 3. The average Bonchev–Trinajstić information content (AvgIpc) is 3.34. The van der Waals surface area contributed by atoms with Gasteiger partial charge in [-0.15, -0.1) is 0 Å². The molecule has 1 saturated heterocycles. The van der Waals surface area contributed by atoms with E-state index in [1.807, 2.05) is 11.0 Å². The van der Waals surface area contributed by atoms with Crippen LogP contribution >= 0.6 is 0 Å². The first-order valence-electron chi connectivity index (χ1n) is 10.1. The topological polar surface area (TPSA) is 55.2 Å². The zero-order valence-corrected chi connectivity index (χ0v) is 16.3. The number of likely N-dealkylation sites (tertiary alicyclic amines) is 1. The summed E-state index contributed by atoms with van der Waals surface area (Å²) in [5, 5.41) is 0.545. The summed E-state index contributed by atoms with van der Waals surface area (Å²) in [6.07, 6.45) is 2.51. The highest BCUT2D eigenvalue weighted by molar-refractivity contribution is 5.98. The molecule has 5 nitrogen and oxygen atoms in total. The van der Waals surface area contributed by atoms with E-state index in [4.69, 9.17) is 0 Å². The molecule has 1 aromatic heterocycles. The first-order valence-corrected chi connectivity index (χ1v) is 10.1. The predicted octanol–water partition coefficient (Wildman–Crippen LogP) is 3.71. The highest BCUT2D eigenvalue weighted by atomic mass is 19.1. The number of amides is 1. The van der Waals surface area contributed by atoms with E-state index in [9.17, 15) is 14.0 Å². The number of nitrogens with zero attached hydrogens (tertiary/aromatic N) is 3. The van der Waals surface area contributed by atoms with Gasteiger partial charge < -0.3 is 4.90 Å². The largest absolute Gasteiger partial charge is 0.331 e. The zero-order valence-electron chi connectivity index (χ0n) is 16.3. The van der Waals surface area contributed by atoms with Crippen LogP contribution in [0.5, 0.6) is 0 Å². The molecule has 0 bridgehead atoms. The van der Waals surface area contributed by atoms with Gasteiger partial charge in [-0.1, -0.05) is 19.1 Å². The molecule has 2 aliphatic rings. The molecule has 2 unspecified atom stereocenters. The van der Waals surface area contributed by atoms with E-state index in [0.717, 1.165) is 30.7 Å². The minimum atomic E-state index is -0.293. The summed E-state index contributed by atoms with van der Waals surface area (Å²) in [6.45, 7) is 3.43. The first-order chi connectivity index (χ1) is 14.0. The fourth-order valence-electron chi connectivity index (χ4n) is 4.68. The summed E-state index contributed by atoms with van der Waals surface area (Å²) in [4.78, 5) is 32.5. The molecule has 3 heterocycles. The number of carbonyl (C=O) groups excluding carboxylic acids is 1. The number of benzene rings is 2. The molecule has 2 aliphatic heterocycles. The molecule has 0 radical (unpaired) electrons. The highest BCUT2D eigenvalue weighted by Gasteiger charge is 2.35. The van der Waals surface area contributed by atoms with Gasteiger partial charge in [-0.3, -0.25) is 14.2 Å². The van der Waals surface area contributed by atoms with Crippen molar-refractivity contribution in [1.29, 1.82) is 0 Å². The lowest BCUT2D eigenvalue weighted by Crippen LogP contribution is -2.31. The van der Waals surface area contributed by atoms with Gasteiger partial charge in [-0.2, -0.15) is 0 Å². The van der Waals surface area contributed by atoms with Gasteiger partial charge in [-0.05, 0) is 54.7 Å². The molecule has 0 N–H and O–H groups in total. The predicted molar refractivity (Wildman–Crippen MR) is 108 cm³/mol. The molecule has 5 rings (SSSR count). The lowest BCUT2D eigenvalue weighted by molar-refractivity contribution is 0.0732. The van der Waals surface area contributed by atoms with Crippen molar-refractivity contribution in [2.45, 2.75) is 38.8 Å². The van der Waals surface area contributed by atoms with Gasteiger partial charge in [0, 0.05) is 25.1 Å². The normalized spacial score (nSPS) is 21.0. The highest BCUT2D eigenvalue weighted by Crippen LogP contribution is 2.36. The molecule has 0 aliphatic carbocycles. The van der Waals surface area contributed by atoms with Crippen LogP contribution in [-0.2, 0) is 13.0 Å². The van der Waals surface area contributed by atoms with Crippen LogP contribution < -0.4 is 5.56 Å². The maximum absolute atomic E-state index is 13.7. The molecule has 6 heteroatoms.